The van der Waals surface area contributed by atoms with Crippen molar-refractivity contribution in [1.29, 1.82) is 0 Å². The second-order valence-corrected chi connectivity index (χ2v) is 7.04. The number of fused-ring (bicyclic) bond motifs is 2. The number of halogens is 2. The number of carbonyl (C=O) groups is 1. The van der Waals surface area contributed by atoms with E-state index >= 15 is 0 Å². The third-order valence-corrected chi connectivity index (χ3v) is 5.19. The van der Waals surface area contributed by atoms with Crippen molar-refractivity contribution in [2.45, 2.75) is 57.3 Å². The van der Waals surface area contributed by atoms with Gasteiger partial charge in [0.2, 0.25) is 5.91 Å². The fourth-order valence-corrected chi connectivity index (χ4v) is 3.75. The van der Waals surface area contributed by atoms with Crippen molar-refractivity contribution in [2.75, 3.05) is 13.6 Å². The number of rotatable bonds is 5. The largest absolute Gasteiger partial charge is 0.351 e. The molecule has 2 saturated heterocycles. The van der Waals surface area contributed by atoms with Gasteiger partial charge in [0.15, 0.2) is 0 Å². The Morgan fingerprint density at radius 1 is 1.33 bits per heavy atom. The van der Waals surface area contributed by atoms with Crippen LogP contribution in [0.25, 0.3) is 0 Å². The number of nitrogens with one attached hydrogen (secondary N) is 2. The normalized spacial score (nSPS) is 25.4. The highest BCUT2D eigenvalue weighted by Gasteiger charge is 2.35. The van der Waals surface area contributed by atoms with E-state index < -0.39 is 0 Å². The Morgan fingerprint density at radius 3 is 2.62 bits per heavy atom. The van der Waals surface area contributed by atoms with Gasteiger partial charge < -0.3 is 10.6 Å². The molecule has 0 spiro atoms. The van der Waals surface area contributed by atoms with Gasteiger partial charge in [-0.2, -0.15) is 0 Å². The van der Waals surface area contributed by atoms with Crippen LogP contribution in [-0.4, -0.2) is 42.5 Å². The summed E-state index contributed by atoms with van der Waals surface area (Å²) in [5.74, 6) is -0.224. The van der Waals surface area contributed by atoms with E-state index in [1.165, 1.54) is 18.9 Å². The van der Waals surface area contributed by atoms with E-state index in [0.29, 0.717) is 36.8 Å². The first-order valence-corrected chi connectivity index (χ1v) is 8.49. The molecule has 2 fully saturated rings. The molecule has 4 nitrogen and oxygen atoms in total. The van der Waals surface area contributed by atoms with E-state index in [4.69, 9.17) is 0 Å². The lowest BCUT2D eigenvalue weighted by molar-refractivity contribution is -0.122. The van der Waals surface area contributed by atoms with Gasteiger partial charge in [-0.15, -0.1) is 12.4 Å². The van der Waals surface area contributed by atoms with Crippen LogP contribution >= 0.6 is 12.4 Å². The Morgan fingerprint density at radius 2 is 2.00 bits per heavy atom. The Hall–Kier alpha value is -1.17. The molecule has 2 N–H and O–H groups in total. The Bertz CT molecular complexity index is 571. The summed E-state index contributed by atoms with van der Waals surface area (Å²) in [5, 5.41) is 6.51. The summed E-state index contributed by atoms with van der Waals surface area (Å²) in [6.45, 7) is 2.51. The Labute approximate surface area is 149 Å². The molecule has 0 radical (unpaired) electrons. The van der Waals surface area contributed by atoms with Crippen molar-refractivity contribution in [2.24, 2.45) is 0 Å². The molecule has 0 aliphatic carbocycles. The molecule has 2 heterocycles. The number of nitrogens with zero attached hydrogens (tertiary/aromatic N) is 1. The highest BCUT2D eigenvalue weighted by Crippen LogP contribution is 2.29. The highest BCUT2D eigenvalue weighted by molar-refractivity contribution is 5.85. The number of hydrogen-bond donors (Lipinski definition) is 2. The number of piperidine rings is 1. The van der Waals surface area contributed by atoms with Gasteiger partial charge >= 0.3 is 0 Å². The first-order valence-electron chi connectivity index (χ1n) is 8.49. The predicted octanol–water partition coefficient (Wildman–Crippen LogP) is 2.39. The summed E-state index contributed by atoms with van der Waals surface area (Å²) >= 11 is 0. The van der Waals surface area contributed by atoms with Gasteiger partial charge in [-0.25, -0.2) is 4.39 Å². The van der Waals surface area contributed by atoms with Crippen LogP contribution in [0.3, 0.4) is 0 Å². The van der Waals surface area contributed by atoms with Crippen molar-refractivity contribution in [1.82, 2.24) is 15.5 Å². The Balaban J connectivity index is 0.00000208. The molecule has 2 atom stereocenters. The lowest BCUT2D eigenvalue weighted by Crippen LogP contribution is -2.49. The molecule has 3 rings (SSSR count). The lowest BCUT2D eigenvalue weighted by atomic mass is 9.98. The van der Waals surface area contributed by atoms with Gasteiger partial charge in [0, 0.05) is 24.7 Å². The predicted molar refractivity (Wildman–Crippen MR) is 95.8 cm³/mol. The zero-order valence-corrected chi connectivity index (χ0v) is 15.2. The zero-order valence-electron chi connectivity index (χ0n) is 14.3. The summed E-state index contributed by atoms with van der Waals surface area (Å²) in [7, 11) is 2.03. The monoisotopic (exact) mass is 355 g/mol. The molecule has 0 saturated carbocycles. The Kier molecular flexibility index (Phi) is 6.61. The summed E-state index contributed by atoms with van der Waals surface area (Å²) in [6, 6.07) is 6.82. The topological polar surface area (TPSA) is 44.4 Å². The van der Waals surface area contributed by atoms with Crippen LogP contribution < -0.4 is 10.6 Å². The molecule has 2 bridgehead atoms. The maximum absolute atomic E-state index is 13.5. The molecule has 2 unspecified atom stereocenters. The number of carbonyl (C=O) groups excluding carboxylic acids is 1. The van der Waals surface area contributed by atoms with Gasteiger partial charge in [0.05, 0.1) is 6.54 Å². The second-order valence-electron chi connectivity index (χ2n) is 7.04. The van der Waals surface area contributed by atoms with Crippen LogP contribution in [0.4, 0.5) is 4.39 Å². The van der Waals surface area contributed by atoms with Crippen molar-refractivity contribution < 1.29 is 9.18 Å². The summed E-state index contributed by atoms with van der Waals surface area (Å²) in [6.07, 6.45) is 4.79. The third-order valence-electron chi connectivity index (χ3n) is 5.19. The minimum Gasteiger partial charge on any atom is -0.351 e. The van der Waals surface area contributed by atoms with Crippen LogP contribution in [0.1, 0.15) is 36.8 Å². The number of amides is 1. The first kappa shape index (κ1) is 19.2. The van der Waals surface area contributed by atoms with E-state index in [9.17, 15) is 9.18 Å². The molecule has 1 aromatic rings. The van der Waals surface area contributed by atoms with Gasteiger partial charge in [-0.05, 0) is 56.8 Å². The zero-order chi connectivity index (χ0) is 16.4. The molecule has 2 aliphatic heterocycles. The van der Waals surface area contributed by atoms with Gasteiger partial charge in [-0.1, -0.05) is 12.1 Å². The van der Waals surface area contributed by atoms with Crippen molar-refractivity contribution in [3.05, 3.63) is 35.1 Å². The number of likely N-dealkylation sites (N-methyl/N-ethyl adjacent to an activating group) is 1. The van der Waals surface area contributed by atoms with Gasteiger partial charge in [-0.3, -0.25) is 9.69 Å². The van der Waals surface area contributed by atoms with Crippen LogP contribution in [0.15, 0.2) is 18.2 Å². The second kappa shape index (κ2) is 8.28. The number of aryl methyl sites for hydroxylation is 1. The highest BCUT2D eigenvalue weighted by atomic mass is 35.5. The fourth-order valence-electron chi connectivity index (χ4n) is 3.75. The van der Waals surface area contributed by atoms with E-state index in [0.717, 1.165) is 18.4 Å². The molecule has 0 aromatic heterocycles. The van der Waals surface area contributed by atoms with Crippen molar-refractivity contribution in [3.63, 3.8) is 0 Å². The average Bonchev–Trinajstić information content (AvgIpc) is 2.86. The van der Waals surface area contributed by atoms with Crippen molar-refractivity contribution >= 4 is 18.3 Å². The quantitative estimate of drug-likeness (QED) is 0.852. The van der Waals surface area contributed by atoms with Crippen LogP contribution in [0, 0.1) is 12.7 Å². The number of hydrogen-bond acceptors (Lipinski definition) is 3. The minimum absolute atomic E-state index is 0. The number of benzene rings is 1. The van der Waals surface area contributed by atoms with E-state index in [2.05, 4.69) is 15.5 Å². The van der Waals surface area contributed by atoms with Crippen LogP contribution in [-0.2, 0) is 11.3 Å². The molecule has 6 heteroatoms. The van der Waals surface area contributed by atoms with E-state index in [-0.39, 0.29) is 24.1 Å². The minimum atomic E-state index is -0.223. The molecule has 134 valence electrons. The molecular formula is C18H27ClFN3O. The van der Waals surface area contributed by atoms with E-state index in [1.54, 1.807) is 13.0 Å². The van der Waals surface area contributed by atoms with Crippen LogP contribution in [0.2, 0.25) is 0 Å². The molecule has 1 amide bonds. The molecule has 24 heavy (non-hydrogen) atoms. The van der Waals surface area contributed by atoms with Crippen LogP contribution in [0.5, 0.6) is 0 Å². The maximum atomic E-state index is 13.5. The van der Waals surface area contributed by atoms with Gasteiger partial charge in [0.25, 0.3) is 0 Å². The summed E-state index contributed by atoms with van der Waals surface area (Å²) < 4.78 is 13.5. The molecule has 2 aliphatic rings. The maximum Gasteiger partial charge on any atom is 0.234 e. The van der Waals surface area contributed by atoms with E-state index in [1.807, 2.05) is 13.1 Å². The summed E-state index contributed by atoms with van der Waals surface area (Å²) in [4.78, 5) is 14.3. The fraction of sp³-hybridized carbons (Fsp3) is 0.611. The standard InChI is InChI=1S/C18H26FN3O.ClH/c1-12-3-4-13(7-17(12)19)10-20-18(23)11-22(2)16-8-14-5-6-15(9-16)21-14;/h3-4,7,14-16,21H,5-6,8-11H2,1-2H3,(H,20,23);1H. The van der Waals surface area contributed by atoms with Gasteiger partial charge in [0.1, 0.15) is 5.82 Å². The first-order chi connectivity index (χ1) is 11.0. The average molecular weight is 356 g/mol. The lowest BCUT2D eigenvalue weighted by Gasteiger charge is -2.35. The molecule has 1 aromatic carbocycles. The SMILES string of the molecule is Cc1ccc(CNC(=O)CN(C)C2CC3CCC(C2)N3)cc1F.Cl. The third kappa shape index (κ3) is 4.68. The smallest absolute Gasteiger partial charge is 0.234 e. The summed E-state index contributed by atoms with van der Waals surface area (Å²) in [5.41, 5.74) is 1.42. The van der Waals surface area contributed by atoms with Crippen molar-refractivity contribution in [3.8, 4) is 0 Å². The molecular weight excluding hydrogens is 329 g/mol.